The first kappa shape index (κ1) is 23.8. The Labute approximate surface area is 199 Å². The van der Waals surface area contributed by atoms with Crippen LogP contribution in [0.3, 0.4) is 0 Å². The van der Waals surface area contributed by atoms with E-state index in [9.17, 15) is 19.2 Å². The fourth-order valence-corrected chi connectivity index (χ4v) is 5.28. The zero-order valence-corrected chi connectivity index (χ0v) is 20.0. The Morgan fingerprint density at radius 3 is 2.32 bits per heavy atom. The van der Waals surface area contributed by atoms with Gasteiger partial charge in [0.05, 0.1) is 13.5 Å². The molecule has 182 valence electrons. The summed E-state index contributed by atoms with van der Waals surface area (Å²) < 4.78 is 6.67. The fraction of sp³-hybridized carbons (Fsp3) is 0.520. The van der Waals surface area contributed by atoms with E-state index in [4.69, 9.17) is 4.74 Å². The molecule has 0 unspecified atom stereocenters. The normalized spacial score (nSPS) is 18.2. The predicted octanol–water partition coefficient (Wildman–Crippen LogP) is 1.70. The molecule has 1 spiro atoms. The highest BCUT2D eigenvalue weighted by Gasteiger charge is 2.43. The number of ether oxygens (including phenoxy) is 1. The van der Waals surface area contributed by atoms with Crippen molar-refractivity contribution in [1.82, 2.24) is 19.7 Å². The lowest BCUT2D eigenvalue weighted by Crippen LogP contribution is -2.46. The molecule has 1 aromatic heterocycles. The third-order valence-corrected chi connectivity index (χ3v) is 7.32. The number of benzene rings is 1. The lowest BCUT2D eigenvalue weighted by atomic mass is 9.77. The average molecular weight is 469 g/mol. The summed E-state index contributed by atoms with van der Waals surface area (Å²) in [6, 6.07) is 8.93. The second kappa shape index (κ2) is 9.48. The van der Waals surface area contributed by atoms with Crippen molar-refractivity contribution < 1.29 is 23.9 Å². The zero-order chi connectivity index (χ0) is 24.5. The smallest absolute Gasteiger partial charge is 0.328 e. The minimum Gasteiger partial charge on any atom is -0.467 e. The van der Waals surface area contributed by atoms with E-state index in [1.807, 2.05) is 46.8 Å². The molecule has 0 radical (unpaired) electrons. The number of para-hydroxylation sites is 1. The lowest BCUT2D eigenvalue weighted by molar-refractivity contribution is -0.147. The number of carbonyl (C=O) groups is 4. The average Bonchev–Trinajstić information content (AvgIpc) is 3.39. The summed E-state index contributed by atoms with van der Waals surface area (Å²) in [5.41, 5.74) is 1.71. The van der Waals surface area contributed by atoms with E-state index in [1.165, 1.54) is 14.0 Å². The zero-order valence-electron chi connectivity index (χ0n) is 20.0. The van der Waals surface area contributed by atoms with E-state index in [1.54, 1.807) is 4.90 Å². The predicted molar refractivity (Wildman–Crippen MR) is 126 cm³/mol. The van der Waals surface area contributed by atoms with Gasteiger partial charge < -0.3 is 24.4 Å². The molecule has 1 atom stereocenters. The van der Waals surface area contributed by atoms with Crippen molar-refractivity contribution in [2.24, 2.45) is 12.5 Å². The Balaban J connectivity index is 1.36. The van der Waals surface area contributed by atoms with E-state index < -0.39 is 12.0 Å². The summed E-state index contributed by atoms with van der Waals surface area (Å²) in [7, 11) is 3.16. The number of hydrogen-bond acceptors (Lipinski definition) is 5. The third kappa shape index (κ3) is 4.64. The Morgan fingerprint density at radius 2 is 1.71 bits per heavy atom. The summed E-state index contributed by atoms with van der Waals surface area (Å²) >= 11 is 0. The highest BCUT2D eigenvalue weighted by atomic mass is 16.5. The van der Waals surface area contributed by atoms with E-state index >= 15 is 0 Å². The van der Waals surface area contributed by atoms with Crippen LogP contribution in [0, 0.1) is 5.41 Å². The molecule has 2 fully saturated rings. The van der Waals surface area contributed by atoms with Crippen LogP contribution in [0.5, 0.6) is 0 Å². The van der Waals surface area contributed by atoms with E-state index in [0.29, 0.717) is 31.9 Å². The second-order valence-electron chi connectivity index (χ2n) is 9.49. The molecule has 0 bridgehead atoms. The van der Waals surface area contributed by atoms with Gasteiger partial charge >= 0.3 is 5.97 Å². The SMILES string of the molecule is COC(=O)[C@H](CC(=O)N1CCC2(CCN(C(=O)c3cc4ccccc4n3C)CC2)C1)NC(C)=O. The largest absolute Gasteiger partial charge is 0.467 e. The minimum absolute atomic E-state index is 0.0138. The van der Waals surface area contributed by atoms with Gasteiger partial charge in [-0.3, -0.25) is 14.4 Å². The molecular weight excluding hydrogens is 436 g/mol. The highest BCUT2D eigenvalue weighted by Crippen LogP contribution is 2.41. The number of esters is 1. The Morgan fingerprint density at radius 1 is 1.06 bits per heavy atom. The number of hydrogen-bond donors (Lipinski definition) is 1. The molecule has 2 aliphatic rings. The van der Waals surface area contributed by atoms with Crippen molar-refractivity contribution in [3.63, 3.8) is 0 Å². The van der Waals surface area contributed by atoms with Crippen molar-refractivity contribution in [3.8, 4) is 0 Å². The van der Waals surface area contributed by atoms with Crippen LogP contribution >= 0.6 is 0 Å². The molecule has 2 aliphatic heterocycles. The van der Waals surface area contributed by atoms with Crippen molar-refractivity contribution in [3.05, 3.63) is 36.0 Å². The number of amides is 3. The number of aromatic nitrogens is 1. The quantitative estimate of drug-likeness (QED) is 0.674. The maximum absolute atomic E-state index is 13.2. The summed E-state index contributed by atoms with van der Waals surface area (Å²) in [6.07, 6.45) is 2.42. The van der Waals surface area contributed by atoms with Gasteiger partial charge in [0.2, 0.25) is 11.8 Å². The molecule has 2 aromatic rings. The minimum atomic E-state index is -0.980. The monoisotopic (exact) mass is 468 g/mol. The van der Waals surface area contributed by atoms with E-state index in [-0.39, 0.29) is 29.6 Å². The van der Waals surface area contributed by atoms with Gasteiger partial charge in [0.25, 0.3) is 5.91 Å². The van der Waals surface area contributed by atoms with Gasteiger partial charge in [-0.05, 0) is 36.8 Å². The van der Waals surface area contributed by atoms with Gasteiger partial charge in [0, 0.05) is 51.1 Å². The number of methoxy groups -OCH3 is 1. The first-order valence-electron chi connectivity index (χ1n) is 11.7. The number of rotatable bonds is 5. The summed E-state index contributed by atoms with van der Waals surface area (Å²) in [5, 5.41) is 3.55. The van der Waals surface area contributed by atoms with Gasteiger partial charge in [-0.25, -0.2) is 4.79 Å². The Bertz CT molecular complexity index is 1120. The maximum Gasteiger partial charge on any atom is 0.328 e. The van der Waals surface area contributed by atoms with Crippen LogP contribution in [0.1, 0.15) is 43.1 Å². The van der Waals surface area contributed by atoms with Crippen LogP contribution in [0.2, 0.25) is 0 Å². The molecule has 1 N–H and O–H groups in total. The summed E-state index contributed by atoms with van der Waals surface area (Å²) in [4.78, 5) is 53.1. The van der Waals surface area contributed by atoms with Crippen LogP contribution in [-0.4, -0.2) is 77.4 Å². The molecule has 2 saturated heterocycles. The van der Waals surface area contributed by atoms with Gasteiger partial charge in [0.1, 0.15) is 11.7 Å². The van der Waals surface area contributed by atoms with Crippen LogP contribution < -0.4 is 5.32 Å². The topological polar surface area (TPSA) is 101 Å². The first-order chi connectivity index (χ1) is 16.2. The second-order valence-corrected chi connectivity index (χ2v) is 9.49. The van der Waals surface area contributed by atoms with Crippen LogP contribution in [0.25, 0.3) is 10.9 Å². The summed E-state index contributed by atoms with van der Waals surface area (Å²) in [5.74, 6) is -1.15. The van der Waals surface area contributed by atoms with E-state index in [2.05, 4.69) is 5.32 Å². The van der Waals surface area contributed by atoms with Crippen molar-refractivity contribution >= 4 is 34.6 Å². The third-order valence-electron chi connectivity index (χ3n) is 7.32. The van der Waals surface area contributed by atoms with Crippen LogP contribution in [0.4, 0.5) is 0 Å². The molecule has 9 nitrogen and oxygen atoms in total. The van der Waals surface area contributed by atoms with Crippen molar-refractivity contribution in [2.75, 3.05) is 33.3 Å². The number of likely N-dealkylation sites (tertiary alicyclic amines) is 2. The van der Waals surface area contributed by atoms with Gasteiger partial charge in [-0.2, -0.15) is 0 Å². The molecule has 4 rings (SSSR count). The number of aryl methyl sites for hydroxylation is 1. The Hall–Kier alpha value is -3.36. The molecule has 0 aliphatic carbocycles. The maximum atomic E-state index is 13.2. The van der Waals surface area contributed by atoms with Gasteiger partial charge in [-0.15, -0.1) is 0 Å². The fourth-order valence-electron chi connectivity index (χ4n) is 5.28. The number of nitrogens with one attached hydrogen (secondary N) is 1. The first-order valence-corrected chi connectivity index (χ1v) is 11.7. The number of fused-ring (bicyclic) bond motifs is 1. The number of carbonyl (C=O) groups excluding carboxylic acids is 4. The van der Waals surface area contributed by atoms with Crippen LogP contribution in [0.15, 0.2) is 30.3 Å². The molecule has 9 heteroatoms. The summed E-state index contributed by atoms with van der Waals surface area (Å²) in [6.45, 7) is 3.83. The number of nitrogens with zero attached hydrogens (tertiary/aromatic N) is 3. The molecule has 3 heterocycles. The highest BCUT2D eigenvalue weighted by molar-refractivity contribution is 5.98. The standard InChI is InChI=1S/C25H32N4O5/c1-17(30)26-19(24(33)34-3)15-22(31)29-13-10-25(16-29)8-11-28(12-9-25)23(32)21-14-18-6-4-5-7-20(18)27(21)2/h4-7,14,19H,8-13,15-16H2,1-3H3,(H,26,30)/t19-/m0/s1. The van der Waals surface area contributed by atoms with Gasteiger partial charge in [0.15, 0.2) is 0 Å². The lowest BCUT2D eigenvalue weighted by Gasteiger charge is -2.39. The molecule has 34 heavy (non-hydrogen) atoms. The molecule has 3 amide bonds. The van der Waals surface area contributed by atoms with Crippen LogP contribution in [-0.2, 0) is 26.2 Å². The molecule has 1 aromatic carbocycles. The van der Waals surface area contributed by atoms with Gasteiger partial charge in [-0.1, -0.05) is 18.2 Å². The number of piperidine rings is 1. The van der Waals surface area contributed by atoms with Crippen molar-refractivity contribution in [2.45, 2.75) is 38.6 Å². The molecule has 0 saturated carbocycles. The van der Waals surface area contributed by atoms with E-state index in [0.717, 1.165) is 30.2 Å². The van der Waals surface area contributed by atoms with Crippen molar-refractivity contribution in [1.29, 1.82) is 0 Å². The Kier molecular flexibility index (Phi) is 6.63. The molecular formula is C25H32N4O5.